The standard InChI is InChI=1S/C26H17BrN4O4/c1-33-21-7-4-8-22-18(21)14-24(35-22)25-30-20-6-3-2-5-17(20)26(32)31(25)29-15-16-9-10-23(19(27)13-16)34-12-11-28/h2-10,13-15H,12H2,1H3. The number of para-hydroxylation sites is 1. The highest BCUT2D eigenvalue weighted by Crippen LogP contribution is 2.33. The van der Waals surface area contributed by atoms with Gasteiger partial charge in [0.05, 0.1) is 34.1 Å². The molecule has 2 heterocycles. The van der Waals surface area contributed by atoms with E-state index in [1.807, 2.05) is 30.3 Å². The monoisotopic (exact) mass is 528 g/mol. The molecule has 0 bridgehead atoms. The smallest absolute Gasteiger partial charge is 0.282 e. The third-order valence-electron chi connectivity index (χ3n) is 5.29. The first-order valence-corrected chi connectivity index (χ1v) is 11.3. The quantitative estimate of drug-likeness (QED) is 0.274. The summed E-state index contributed by atoms with van der Waals surface area (Å²) in [6.07, 6.45) is 1.55. The molecule has 0 N–H and O–H groups in total. The van der Waals surface area contributed by atoms with Gasteiger partial charge in [-0.3, -0.25) is 4.79 Å². The highest BCUT2D eigenvalue weighted by atomic mass is 79.9. The van der Waals surface area contributed by atoms with Gasteiger partial charge in [0.1, 0.15) is 23.2 Å². The number of methoxy groups -OCH3 is 1. The van der Waals surface area contributed by atoms with Crippen LogP contribution in [0.4, 0.5) is 0 Å². The third kappa shape index (κ3) is 4.27. The highest BCUT2D eigenvalue weighted by molar-refractivity contribution is 9.10. The topological polar surface area (TPSA) is 103 Å². The van der Waals surface area contributed by atoms with E-state index in [1.165, 1.54) is 4.68 Å². The fraction of sp³-hybridized carbons (Fsp3) is 0.0769. The lowest BCUT2D eigenvalue weighted by molar-refractivity contribution is 0.366. The maximum atomic E-state index is 13.4. The van der Waals surface area contributed by atoms with Gasteiger partial charge in [0.2, 0.25) is 5.82 Å². The lowest BCUT2D eigenvalue weighted by Gasteiger charge is -2.08. The molecule has 0 fully saturated rings. The van der Waals surface area contributed by atoms with Gasteiger partial charge in [-0.05, 0) is 70.0 Å². The molecule has 0 aliphatic heterocycles. The van der Waals surface area contributed by atoms with Crippen molar-refractivity contribution in [2.75, 3.05) is 13.7 Å². The summed E-state index contributed by atoms with van der Waals surface area (Å²) in [7, 11) is 1.59. The molecule has 172 valence electrons. The summed E-state index contributed by atoms with van der Waals surface area (Å²) in [5, 5.41) is 14.4. The van der Waals surface area contributed by atoms with Crippen LogP contribution in [0.5, 0.6) is 11.5 Å². The first-order chi connectivity index (χ1) is 17.1. The van der Waals surface area contributed by atoms with E-state index in [0.29, 0.717) is 43.8 Å². The Morgan fingerprint density at radius 3 is 2.77 bits per heavy atom. The van der Waals surface area contributed by atoms with Gasteiger partial charge in [-0.1, -0.05) is 18.2 Å². The van der Waals surface area contributed by atoms with E-state index in [2.05, 4.69) is 26.0 Å². The Kier molecular flexibility index (Phi) is 6.04. The number of hydrogen-bond donors (Lipinski definition) is 0. The fourth-order valence-electron chi connectivity index (χ4n) is 3.66. The summed E-state index contributed by atoms with van der Waals surface area (Å²) in [4.78, 5) is 18.1. The van der Waals surface area contributed by atoms with Gasteiger partial charge in [0.15, 0.2) is 12.4 Å². The molecule has 0 radical (unpaired) electrons. The number of rotatable bonds is 6. The molecule has 35 heavy (non-hydrogen) atoms. The van der Waals surface area contributed by atoms with Crippen molar-refractivity contribution < 1.29 is 13.9 Å². The van der Waals surface area contributed by atoms with Crippen molar-refractivity contribution in [1.29, 1.82) is 5.26 Å². The molecular weight excluding hydrogens is 512 g/mol. The molecule has 5 aromatic rings. The van der Waals surface area contributed by atoms with E-state index < -0.39 is 0 Å². The molecule has 0 unspecified atom stereocenters. The number of benzene rings is 3. The summed E-state index contributed by atoms with van der Waals surface area (Å²) in [6, 6.07) is 21.6. The minimum absolute atomic E-state index is 0.0597. The number of fused-ring (bicyclic) bond motifs is 2. The van der Waals surface area contributed by atoms with Gasteiger partial charge in [0.25, 0.3) is 5.56 Å². The Bertz CT molecular complexity index is 1700. The Morgan fingerprint density at radius 2 is 1.97 bits per heavy atom. The van der Waals surface area contributed by atoms with Gasteiger partial charge in [-0.15, -0.1) is 0 Å². The average Bonchev–Trinajstić information content (AvgIpc) is 3.32. The van der Waals surface area contributed by atoms with Crippen LogP contribution in [-0.2, 0) is 0 Å². The first-order valence-electron chi connectivity index (χ1n) is 10.5. The maximum Gasteiger partial charge on any atom is 0.282 e. The highest BCUT2D eigenvalue weighted by Gasteiger charge is 2.17. The minimum atomic E-state index is -0.331. The number of furan rings is 1. The van der Waals surface area contributed by atoms with Crippen molar-refractivity contribution in [1.82, 2.24) is 9.66 Å². The second kappa shape index (κ2) is 9.44. The molecule has 3 aromatic carbocycles. The largest absolute Gasteiger partial charge is 0.496 e. The molecule has 0 atom stereocenters. The van der Waals surface area contributed by atoms with Crippen LogP contribution in [0.1, 0.15) is 5.56 Å². The van der Waals surface area contributed by atoms with Crippen LogP contribution in [0.15, 0.2) is 85.5 Å². The summed E-state index contributed by atoms with van der Waals surface area (Å²) >= 11 is 3.43. The number of halogens is 1. The zero-order valence-corrected chi connectivity index (χ0v) is 20.0. The van der Waals surface area contributed by atoms with Crippen LogP contribution in [0.2, 0.25) is 0 Å². The molecular formula is C26H17BrN4O4. The van der Waals surface area contributed by atoms with Crippen LogP contribution in [-0.4, -0.2) is 29.6 Å². The van der Waals surface area contributed by atoms with Gasteiger partial charge >= 0.3 is 0 Å². The average molecular weight is 529 g/mol. The summed E-state index contributed by atoms with van der Waals surface area (Å²) in [5.74, 6) is 1.83. The molecule has 9 heteroatoms. The van der Waals surface area contributed by atoms with Crippen LogP contribution < -0.4 is 15.0 Å². The predicted molar refractivity (Wildman–Crippen MR) is 136 cm³/mol. The molecule has 0 aliphatic rings. The normalized spacial score (nSPS) is 11.2. The Balaban J connectivity index is 1.65. The van der Waals surface area contributed by atoms with Gasteiger partial charge in [-0.25, -0.2) is 4.98 Å². The molecule has 0 aliphatic carbocycles. The minimum Gasteiger partial charge on any atom is -0.496 e. The molecule has 2 aromatic heterocycles. The van der Waals surface area contributed by atoms with E-state index >= 15 is 0 Å². The second-order valence-electron chi connectivity index (χ2n) is 7.43. The summed E-state index contributed by atoms with van der Waals surface area (Å²) < 4.78 is 18.7. The molecule has 0 amide bonds. The lowest BCUT2D eigenvalue weighted by Crippen LogP contribution is -2.20. The SMILES string of the molecule is COc1cccc2oc(-c3nc4ccccc4c(=O)n3N=Cc3ccc(OCC#N)c(Br)c3)cc12. The summed E-state index contributed by atoms with van der Waals surface area (Å²) in [6.45, 7) is -0.0597. The van der Waals surface area contributed by atoms with E-state index in [-0.39, 0.29) is 18.0 Å². The second-order valence-corrected chi connectivity index (χ2v) is 8.29. The first kappa shape index (κ1) is 22.4. The Hall–Kier alpha value is -4.42. The zero-order chi connectivity index (χ0) is 24.4. The van der Waals surface area contributed by atoms with Crippen molar-refractivity contribution in [3.63, 3.8) is 0 Å². The van der Waals surface area contributed by atoms with E-state index in [9.17, 15) is 4.79 Å². The molecule has 0 saturated heterocycles. The van der Waals surface area contributed by atoms with E-state index in [1.54, 1.807) is 55.8 Å². The fourth-order valence-corrected chi connectivity index (χ4v) is 4.17. The predicted octanol–water partition coefficient (Wildman–Crippen LogP) is 5.37. The maximum absolute atomic E-state index is 13.4. The van der Waals surface area contributed by atoms with E-state index in [0.717, 1.165) is 5.39 Å². The van der Waals surface area contributed by atoms with E-state index in [4.69, 9.17) is 19.2 Å². The molecule has 0 saturated carbocycles. The van der Waals surface area contributed by atoms with Crippen LogP contribution in [0.3, 0.4) is 0 Å². The third-order valence-corrected chi connectivity index (χ3v) is 5.91. The van der Waals surface area contributed by atoms with Crippen molar-refractivity contribution in [3.8, 4) is 29.2 Å². The zero-order valence-electron chi connectivity index (χ0n) is 18.4. The van der Waals surface area contributed by atoms with Gasteiger partial charge in [-0.2, -0.15) is 15.0 Å². The van der Waals surface area contributed by atoms with Crippen molar-refractivity contribution in [2.24, 2.45) is 5.10 Å². The van der Waals surface area contributed by atoms with Crippen molar-refractivity contribution >= 4 is 44.0 Å². The van der Waals surface area contributed by atoms with Crippen LogP contribution in [0, 0.1) is 11.3 Å². The van der Waals surface area contributed by atoms with Crippen molar-refractivity contribution in [3.05, 3.63) is 87.1 Å². The number of hydrogen-bond acceptors (Lipinski definition) is 7. The molecule has 8 nitrogen and oxygen atoms in total. The summed E-state index contributed by atoms with van der Waals surface area (Å²) in [5.41, 5.74) is 1.52. The van der Waals surface area contributed by atoms with Gasteiger partial charge in [0, 0.05) is 0 Å². The Morgan fingerprint density at radius 1 is 1.11 bits per heavy atom. The molecule has 0 spiro atoms. The lowest BCUT2D eigenvalue weighted by atomic mass is 10.2. The van der Waals surface area contributed by atoms with Gasteiger partial charge < -0.3 is 13.9 Å². The number of nitriles is 1. The number of aromatic nitrogens is 2. The number of nitrogens with zero attached hydrogens (tertiary/aromatic N) is 4. The Labute approximate surface area is 207 Å². The van der Waals surface area contributed by atoms with Crippen LogP contribution >= 0.6 is 15.9 Å². The van der Waals surface area contributed by atoms with Crippen molar-refractivity contribution in [2.45, 2.75) is 0 Å². The van der Waals surface area contributed by atoms with Crippen LogP contribution in [0.25, 0.3) is 33.5 Å². The molecule has 5 rings (SSSR count). The number of ether oxygens (including phenoxy) is 2.